The molecule has 0 saturated carbocycles. The van der Waals surface area contributed by atoms with E-state index in [1.54, 1.807) is 6.92 Å². The maximum atomic E-state index is 13.7. The van der Waals surface area contributed by atoms with Crippen molar-refractivity contribution in [2.45, 2.75) is 32.7 Å². The minimum atomic E-state index is -0.229. The quantitative estimate of drug-likeness (QED) is 0.887. The van der Waals surface area contributed by atoms with Gasteiger partial charge in [0.05, 0.1) is 0 Å². The van der Waals surface area contributed by atoms with Crippen LogP contribution in [0.1, 0.15) is 36.9 Å². The number of halogens is 1. The number of hydrogen-bond donors (Lipinski definition) is 2. The van der Waals surface area contributed by atoms with E-state index in [2.05, 4.69) is 4.90 Å². The van der Waals surface area contributed by atoms with Crippen LogP contribution in [0.5, 0.6) is 0 Å². The SMILES string of the molecule is Cc1cc(N2CCC(C(N)=O)CC2)c([C@@H](C)N)cc1F. The van der Waals surface area contributed by atoms with Gasteiger partial charge in [0, 0.05) is 30.7 Å². The van der Waals surface area contributed by atoms with Crippen LogP contribution in [-0.2, 0) is 4.79 Å². The Morgan fingerprint density at radius 2 is 2.00 bits per heavy atom. The number of nitrogens with zero attached hydrogens (tertiary/aromatic N) is 1. The molecule has 0 aromatic heterocycles. The van der Waals surface area contributed by atoms with Gasteiger partial charge in [0.1, 0.15) is 5.82 Å². The lowest BCUT2D eigenvalue weighted by molar-refractivity contribution is -0.122. The predicted molar refractivity (Wildman–Crippen MR) is 77.9 cm³/mol. The molecule has 1 heterocycles. The summed E-state index contributed by atoms with van der Waals surface area (Å²) in [4.78, 5) is 13.4. The van der Waals surface area contributed by atoms with Gasteiger partial charge >= 0.3 is 0 Å². The van der Waals surface area contributed by atoms with Gasteiger partial charge in [0.2, 0.25) is 5.91 Å². The van der Waals surface area contributed by atoms with Crippen LogP contribution >= 0.6 is 0 Å². The third kappa shape index (κ3) is 2.93. The van der Waals surface area contributed by atoms with Gasteiger partial charge in [-0.05, 0) is 49.9 Å². The molecular formula is C15H22FN3O. The van der Waals surface area contributed by atoms with E-state index in [9.17, 15) is 9.18 Å². The lowest BCUT2D eigenvalue weighted by atomic mass is 9.94. The second-order valence-electron chi connectivity index (χ2n) is 5.61. The summed E-state index contributed by atoms with van der Waals surface area (Å²) in [7, 11) is 0. The molecule has 0 unspecified atom stereocenters. The molecule has 4 N–H and O–H groups in total. The molecule has 5 heteroatoms. The number of benzene rings is 1. The molecule has 1 aromatic rings. The van der Waals surface area contributed by atoms with Crippen molar-refractivity contribution in [3.05, 3.63) is 29.1 Å². The molecule has 2 rings (SSSR count). The van der Waals surface area contributed by atoms with E-state index in [1.165, 1.54) is 6.07 Å². The zero-order valence-electron chi connectivity index (χ0n) is 12.0. The highest BCUT2D eigenvalue weighted by molar-refractivity contribution is 5.77. The predicted octanol–water partition coefficient (Wildman–Crippen LogP) is 1.86. The molecule has 1 atom stereocenters. The molecule has 1 amide bonds. The summed E-state index contributed by atoms with van der Waals surface area (Å²) in [5.74, 6) is -0.507. The standard InChI is InChI=1S/C15H22FN3O/c1-9-7-14(12(10(2)17)8-13(9)16)19-5-3-11(4-6-19)15(18)20/h7-8,10-11H,3-6,17H2,1-2H3,(H2,18,20)/t10-/m1/s1. The fourth-order valence-electron chi connectivity index (χ4n) is 2.73. The van der Waals surface area contributed by atoms with E-state index < -0.39 is 0 Å². The fraction of sp³-hybridized carbons (Fsp3) is 0.533. The summed E-state index contributed by atoms with van der Waals surface area (Å²) < 4.78 is 13.7. The number of carbonyl (C=O) groups excluding carboxylic acids is 1. The number of hydrogen-bond acceptors (Lipinski definition) is 3. The van der Waals surface area contributed by atoms with Crippen LogP contribution in [0.2, 0.25) is 0 Å². The van der Waals surface area contributed by atoms with Crippen LogP contribution in [0.15, 0.2) is 12.1 Å². The van der Waals surface area contributed by atoms with Gasteiger partial charge in [-0.15, -0.1) is 0 Å². The van der Waals surface area contributed by atoms with Gasteiger partial charge in [-0.3, -0.25) is 4.79 Å². The molecule has 1 aliphatic rings. The molecular weight excluding hydrogens is 257 g/mol. The first-order chi connectivity index (χ1) is 9.40. The maximum absolute atomic E-state index is 13.7. The Morgan fingerprint density at radius 3 is 2.50 bits per heavy atom. The highest BCUT2D eigenvalue weighted by Gasteiger charge is 2.25. The average Bonchev–Trinajstić information content (AvgIpc) is 2.41. The molecule has 0 aliphatic carbocycles. The van der Waals surface area contributed by atoms with E-state index in [1.807, 2.05) is 13.0 Å². The largest absolute Gasteiger partial charge is 0.371 e. The van der Waals surface area contributed by atoms with Crippen LogP contribution < -0.4 is 16.4 Å². The Balaban J connectivity index is 2.25. The van der Waals surface area contributed by atoms with Crippen LogP contribution in [0.3, 0.4) is 0 Å². The zero-order valence-corrected chi connectivity index (χ0v) is 12.0. The Bertz CT molecular complexity index is 508. The number of carbonyl (C=O) groups is 1. The van der Waals surface area contributed by atoms with E-state index >= 15 is 0 Å². The zero-order chi connectivity index (χ0) is 14.9. The molecule has 0 spiro atoms. The molecule has 20 heavy (non-hydrogen) atoms. The van der Waals surface area contributed by atoms with Gasteiger partial charge in [-0.2, -0.15) is 0 Å². The van der Waals surface area contributed by atoms with E-state index in [-0.39, 0.29) is 23.7 Å². The number of amides is 1. The van der Waals surface area contributed by atoms with Gasteiger partial charge in [0.15, 0.2) is 0 Å². The third-order valence-electron chi connectivity index (χ3n) is 4.04. The summed E-state index contributed by atoms with van der Waals surface area (Å²) >= 11 is 0. The number of nitrogens with two attached hydrogens (primary N) is 2. The van der Waals surface area contributed by atoms with Crippen molar-refractivity contribution >= 4 is 11.6 Å². The van der Waals surface area contributed by atoms with Crippen molar-refractivity contribution in [2.75, 3.05) is 18.0 Å². The van der Waals surface area contributed by atoms with Crippen molar-refractivity contribution in [3.8, 4) is 0 Å². The van der Waals surface area contributed by atoms with E-state index in [4.69, 9.17) is 11.5 Å². The minimum Gasteiger partial charge on any atom is -0.371 e. The number of piperidine rings is 1. The second-order valence-corrected chi connectivity index (χ2v) is 5.61. The highest BCUT2D eigenvalue weighted by atomic mass is 19.1. The second kappa shape index (κ2) is 5.79. The third-order valence-corrected chi connectivity index (χ3v) is 4.04. The average molecular weight is 279 g/mol. The van der Waals surface area contributed by atoms with Gasteiger partial charge in [-0.1, -0.05) is 0 Å². The van der Waals surface area contributed by atoms with Crippen molar-refractivity contribution in [2.24, 2.45) is 17.4 Å². The molecule has 110 valence electrons. The molecule has 1 aliphatic heterocycles. The normalized spacial score (nSPS) is 18.1. The minimum absolute atomic E-state index is 0.0495. The first-order valence-corrected chi connectivity index (χ1v) is 7.00. The first-order valence-electron chi connectivity index (χ1n) is 7.00. The smallest absolute Gasteiger partial charge is 0.220 e. The lowest BCUT2D eigenvalue weighted by Crippen LogP contribution is -2.39. The maximum Gasteiger partial charge on any atom is 0.220 e. The Labute approximate surface area is 118 Å². The van der Waals surface area contributed by atoms with Crippen LogP contribution in [0.25, 0.3) is 0 Å². The van der Waals surface area contributed by atoms with Crippen molar-refractivity contribution in [3.63, 3.8) is 0 Å². The summed E-state index contributed by atoms with van der Waals surface area (Å²) in [5.41, 5.74) is 13.7. The molecule has 0 radical (unpaired) electrons. The summed E-state index contributed by atoms with van der Waals surface area (Å²) in [5, 5.41) is 0. The van der Waals surface area contributed by atoms with Crippen molar-refractivity contribution < 1.29 is 9.18 Å². The lowest BCUT2D eigenvalue weighted by Gasteiger charge is -2.34. The molecule has 1 aromatic carbocycles. The van der Waals surface area contributed by atoms with E-state index in [0.717, 1.165) is 37.2 Å². The number of aryl methyl sites for hydroxylation is 1. The number of anilines is 1. The monoisotopic (exact) mass is 279 g/mol. The Morgan fingerprint density at radius 1 is 1.40 bits per heavy atom. The molecule has 1 saturated heterocycles. The fourth-order valence-corrected chi connectivity index (χ4v) is 2.73. The van der Waals surface area contributed by atoms with Gasteiger partial charge in [-0.25, -0.2) is 4.39 Å². The van der Waals surface area contributed by atoms with Gasteiger partial charge < -0.3 is 16.4 Å². The van der Waals surface area contributed by atoms with Crippen molar-refractivity contribution in [1.29, 1.82) is 0 Å². The van der Waals surface area contributed by atoms with Crippen molar-refractivity contribution in [1.82, 2.24) is 0 Å². The number of primary amides is 1. The Hall–Kier alpha value is -1.62. The molecule has 4 nitrogen and oxygen atoms in total. The van der Waals surface area contributed by atoms with Gasteiger partial charge in [0.25, 0.3) is 0 Å². The summed E-state index contributed by atoms with van der Waals surface area (Å²) in [6.45, 7) is 5.10. The van der Waals surface area contributed by atoms with Crippen LogP contribution in [-0.4, -0.2) is 19.0 Å². The Kier molecular flexibility index (Phi) is 4.28. The first kappa shape index (κ1) is 14.8. The molecule has 1 fully saturated rings. The number of rotatable bonds is 3. The molecule has 0 bridgehead atoms. The summed E-state index contributed by atoms with van der Waals surface area (Å²) in [6.07, 6.45) is 1.48. The van der Waals surface area contributed by atoms with Crippen LogP contribution in [0, 0.1) is 18.7 Å². The van der Waals surface area contributed by atoms with E-state index in [0.29, 0.717) is 5.56 Å². The van der Waals surface area contributed by atoms with Crippen LogP contribution in [0.4, 0.5) is 10.1 Å². The topological polar surface area (TPSA) is 72.3 Å². The summed E-state index contributed by atoms with van der Waals surface area (Å²) in [6, 6.07) is 3.14. The highest BCUT2D eigenvalue weighted by Crippen LogP contribution is 2.31.